The van der Waals surface area contributed by atoms with Gasteiger partial charge in [0.25, 0.3) is 11.8 Å². The molecular formula is C28H36N3O6P. The molecule has 2 amide bonds. The van der Waals surface area contributed by atoms with E-state index < -0.39 is 25.4 Å². The summed E-state index contributed by atoms with van der Waals surface area (Å²) >= 11 is 0. The Morgan fingerprint density at radius 2 is 1.11 bits per heavy atom. The lowest BCUT2D eigenvalue weighted by Gasteiger charge is -2.34. The molecule has 3 N–H and O–H groups in total. The Labute approximate surface area is 224 Å². The van der Waals surface area contributed by atoms with Crippen molar-refractivity contribution in [3.8, 4) is 5.75 Å². The normalized spacial score (nSPS) is 12.4. The maximum atomic E-state index is 12.4. The second kappa shape index (κ2) is 14.4. The van der Waals surface area contributed by atoms with Crippen molar-refractivity contribution in [1.82, 2.24) is 0 Å². The molecule has 0 bridgehead atoms. The summed E-state index contributed by atoms with van der Waals surface area (Å²) < 4.78 is 17.3. The topological polar surface area (TPSA) is 128 Å². The van der Waals surface area contributed by atoms with E-state index in [-0.39, 0.29) is 11.4 Å². The first kappa shape index (κ1) is 30.7. The van der Waals surface area contributed by atoms with E-state index in [0.29, 0.717) is 11.1 Å². The van der Waals surface area contributed by atoms with Crippen LogP contribution in [0.2, 0.25) is 0 Å². The molecule has 1 atom stereocenters. The third kappa shape index (κ3) is 9.11. The first-order chi connectivity index (χ1) is 18.1. The Morgan fingerprint density at radius 1 is 0.737 bits per heavy atom. The predicted octanol–water partition coefficient (Wildman–Crippen LogP) is 4.91. The molecular weight excluding hydrogens is 505 g/mol. The number of quaternary nitrogens is 1. The predicted molar refractivity (Wildman–Crippen MR) is 148 cm³/mol. The number of hydrogen-bond donors (Lipinski definition) is 3. The second-order valence-electron chi connectivity index (χ2n) is 8.49. The molecule has 0 aliphatic heterocycles. The summed E-state index contributed by atoms with van der Waals surface area (Å²) in [5, 5.41) is 5.03. The molecule has 10 heteroatoms. The van der Waals surface area contributed by atoms with Gasteiger partial charge < -0.3 is 29.4 Å². The average molecular weight is 542 g/mol. The number of carbonyl (C=O) groups excluding carboxylic acids is 2. The number of anilines is 2. The lowest BCUT2D eigenvalue weighted by molar-refractivity contribution is -0.921. The van der Waals surface area contributed by atoms with Crippen molar-refractivity contribution < 1.29 is 32.9 Å². The van der Waals surface area contributed by atoms with E-state index >= 15 is 0 Å². The van der Waals surface area contributed by atoms with Gasteiger partial charge in [-0.25, -0.2) is 0 Å². The molecule has 0 saturated carbocycles. The van der Waals surface area contributed by atoms with E-state index in [4.69, 9.17) is 0 Å². The van der Waals surface area contributed by atoms with Crippen molar-refractivity contribution >= 4 is 31.0 Å². The molecule has 0 aliphatic carbocycles. The van der Waals surface area contributed by atoms with Gasteiger partial charge in [0, 0.05) is 11.1 Å². The zero-order valence-corrected chi connectivity index (χ0v) is 23.1. The average Bonchev–Trinajstić information content (AvgIpc) is 2.92. The van der Waals surface area contributed by atoms with Crippen LogP contribution < -0.4 is 20.1 Å². The third-order valence-corrected chi connectivity index (χ3v) is 6.89. The van der Waals surface area contributed by atoms with Crippen LogP contribution in [0.3, 0.4) is 0 Å². The number of benzene rings is 3. The molecule has 0 aromatic heterocycles. The van der Waals surface area contributed by atoms with Crippen molar-refractivity contribution in [3.05, 3.63) is 90.0 Å². The highest BCUT2D eigenvalue weighted by Gasteiger charge is 2.19. The highest BCUT2D eigenvalue weighted by atomic mass is 31.2. The summed E-state index contributed by atoms with van der Waals surface area (Å²) in [6, 6.07) is 20.7. The molecule has 0 fully saturated rings. The molecule has 0 spiro atoms. The summed E-state index contributed by atoms with van der Waals surface area (Å²) in [7, 11) is -5.22. The first-order valence-corrected chi connectivity index (χ1v) is 14.0. The molecule has 0 heterocycles. The fraction of sp³-hybridized carbons (Fsp3) is 0.286. The highest BCUT2D eigenvalue weighted by molar-refractivity contribution is 7.45. The van der Waals surface area contributed by atoms with Gasteiger partial charge in [-0.2, -0.15) is 0 Å². The largest absolute Gasteiger partial charge is 0.746 e. The molecule has 3 rings (SSSR count). The minimum Gasteiger partial charge on any atom is -0.746 e. The number of phosphoric acid groups is 1. The summed E-state index contributed by atoms with van der Waals surface area (Å²) in [6.45, 7) is 14.2. The third-order valence-electron chi connectivity index (χ3n) is 6.47. The van der Waals surface area contributed by atoms with Gasteiger partial charge in [0.05, 0.1) is 37.6 Å². The van der Waals surface area contributed by atoms with Crippen LogP contribution in [-0.2, 0) is 4.57 Å². The van der Waals surface area contributed by atoms with Gasteiger partial charge in [-0.15, -0.1) is 0 Å². The fourth-order valence-corrected chi connectivity index (χ4v) is 4.28. The highest BCUT2D eigenvalue weighted by Crippen LogP contribution is 2.43. The lowest BCUT2D eigenvalue weighted by Crippen LogP contribution is -2.47. The smallest absolute Gasteiger partial charge is 0.317 e. The number of amides is 2. The van der Waals surface area contributed by atoms with E-state index in [1.807, 2.05) is 0 Å². The van der Waals surface area contributed by atoms with Gasteiger partial charge in [0.15, 0.2) is 5.75 Å². The van der Waals surface area contributed by atoms with Gasteiger partial charge in [0.2, 0.25) is 0 Å². The first-order valence-electron chi connectivity index (χ1n) is 12.5. The molecule has 0 radical (unpaired) electrons. The van der Waals surface area contributed by atoms with Gasteiger partial charge in [-0.05, 0) is 64.1 Å². The van der Waals surface area contributed by atoms with Crippen LogP contribution in [0.25, 0.3) is 0 Å². The number of hydrogen-bond acceptors (Lipinski definition) is 5. The fourth-order valence-electron chi connectivity index (χ4n) is 3.86. The molecule has 1 unspecified atom stereocenters. The van der Waals surface area contributed by atoms with E-state index in [0.717, 1.165) is 0 Å². The zero-order valence-electron chi connectivity index (χ0n) is 22.2. The van der Waals surface area contributed by atoms with Crippen molar-refractivity contribution in [1.29, 1.82) is 0 Å². The SMILES string of the molecule is CC[N+](CC)(CC)CC.O=C(Nc1cccc(NC(=O)c2ccccc2)c1OP(=O)([O-])O)c1ccccc1. The lowest BCUT2D eigenvalue weighted by atomic mass is 10.2. The number of rotatable bonds is 10. The molecule has 9 nitrogen and oxygen atoms in total. The van der Waals surface area contributed by atoms with Gasteiger partial charge in [0.1, 0.15) is 0 Å². The number of nitrogens with one attached hydrogen (secondary N) is 2. The zero-order chi connectivity index (χ0) is 28.2. The van der Waals surface area contributed by atoms with Crippen molar-refractivity contribution in [3.63, 3.8) is 0 Å². The maximum Gasteiger partial charge on any atom is 0.317 e. The van der Waals surface area contributed by atoms with E-state index in [1.54, 1.807) is 60.7 Å². The summed E-state index contributed by atoms with van der Waals surface area (Å²) in [5.41, 5.74) is 0.558. The van der Waals surface area contributed by atoms with Gasteiger partial charge in [-0.3, -0.25) is 14.2 Å². The van der Waals surface area contributed by atoms with E-state index in [1.165, 1.54) is 48.9 Å². The van der Waals surface area contributed by atoms with Crippen molar-refractivity contribution in [2.24, 2.45) is 0 Å². The molecule has 204 valence electrons. The summed E-state index contributed by atoms with van der Waals surface area (Å²) in [6.07, 6.45) is 0. The Kier molecular flexibility index (Phi) is 11.7. The molecule has 3 aromatic carbocycles. The van der Waals surface area contributed by atoms with Crippen molar-refractivity contribution in [2.75, 3.05) is 36.8 Å². The monoisotopic (exact) mass is 541 g/mol. The number of phosphoric ester groups is 1. The summed E-state index contributed by atoms with van der Waals surface area (Å²) in [4.78, 5) is 45.4. The Balaban J connectivity index is 0.000000484. The van der Waals surface area contributed by atoms with Crippen LogP contribution >= 0.6 is 7.82 Å². The Morgan fingerprint density at radius 3 is 1.39 bits per heavy atom. The maximum absolute atomic E-state index is 12.4. The number of nitrogens with zero attached hydrogens (tertiary/aromatic N) is 1. The minimum atomic E-state index is -5.22. The molecule has 38 heavy (non-hydrogen) atoms. The quantitative estimate of drug-likeness (QED) is 0.247. The van der Waals surface area contributed by atoms with Crippen LogP contribution in [-0.4, -0.2) is 47.4 Å². The minimum absolute atomic E-state index is 0.0464. The summed E-state index contributed by atoms with van der Waals surface area (Å²) in [5.74, 6) is -1.47. The van der Waals surface area contributed by atoms with Gasteiger partial charge >= 0.3 is 7.82 Å². The van der Waals surface area contributed by atoms with Crippen molar-refractivity contribution in [2.45, 2.75) is 27.7 Å². The molecule has 3 aromatic rings. The second-order valence-corrected chi connectivity index (χ2v) is 9.61. The number of para-hydroxylation sites is 1. The standard InChI is InChI=1S/C20H17N2O6P.C8H20N/c23-19(14-8-3-1-4-9-14)21-16-12-7-13-17(18(16)28-29(25,26)27)22-20(24)15-10-5-2-6-11-15;1-5-9(6-2,7-3)8-4/h1-13H,(H,21,23)(H,22,24)(H2,25,26,27);5-8H2,1-4H3/q;+1/p-1. The van der Waals surface area contributed by atoms with Crippen LogP contribution in [0.1, 0.15) is 48.4 Å². The Bertz CT molecular complexity index is 1140. The van der Waals surface area contributed by atoms with Crippen LogP contribution in [0.5, 0.6) is 5.75 Å². The van der Waals surface area contributed by atoms with Crippen LogP contribution in [0.15, 0.2) is 78.9 Å². The van der Waals surface area contributed by atoms with E-state index in [2.05, 4.69) is 42.9 Å². The van der Waals surface area contributed by atoms with E-state index in [9.17, 15) is 23.9 Å². The number of carbonyl (C=O) groups is 2. The Hall–Kier alpha value is -3.49. The van der Waals surface area contributed by atoms with Gasteiger partial charge in [-0.1, -0.05) is 42.5 Å². The molecule has 0 saturated heterocycles. The van der Waals surface area contributed by atoms with Crippen LogP contribution in [0.4, 0.5) is 11.4 Å². The molecule has 0 aliphatic rings. The van der Waals surface area contributed by atoms with Crippen LogP contribution in [0, 0.1) is 0 Å².